The topological polar surface area (TPSA) is 41.1 Å². The highest BCUT2D eigenvalue weighted by molar-refractivity contribution is 5.93. The molecule has 3 heteroatoms. The zero-order chi connectivity index (χ0) is 12.0. The van der Waals surface area contributed by atoms with Gasteiger partial charge < -0.3 is 5.32 Å². The van der Waals surface area contributed by atoms with Crippen LogP contribution in [0.5, 0.6) is 0 Å². The van der Waals surface area contributed by atoms with Crippen molar-refractivity contribution >= 4 is 11.6 Å². The molecule has 0 fully saturated rings. The average molecular weight is 216 g/mol. The summed E-state index contributed by atoms with van der Waals surface area (Å²) in [5.41, 5.74) is 3.01. The summed E-state index contributed by atoms with van der Waals surface area (Å²) in [6.07, 6.45) is 5.07. The van der Waals surface area contributed by atoms with Crippen molar-refractivity contribution in [2.45, 2.75) is 13.8 Å². The standard InChI is InChI=1S/C13H16N2O/c1-4-8-14-9-12(16)15-13-10(2)6-5-7-11(13)3/h1,5-7,14H,8-9H2,2-3H3,(H,15,16). The largest absolute Gasteiger partial charge is 0.324 e. The number of hydrogen-bond acceptors (Lipinski definition) is 2. The maximum absolute atomic E-state index is 11.5. The summed E-state index contributed by atoms with van der Waals surface area (Å²) in [5.74, 6) is 2.34. The molecule has 84 valence electrons. The molecule has 0 aliphatic carbocycles. The fourth-order valence-electron chi connectivity index (χ4n) is 1.44. The number of anilines is 1. The van der Waals surface area contributed by atoms with E-state index >= 15 is 0 Å². The van der Waals surface area contributed by atoms with Gasteiger partial charge in [-0.3, -0.25) is 10.1 Å². The number of rotatable bonds is 4. The van der Waals surface area contributed by atoms with Crippen LogP contribution in [0.25, 0.3) is 0 Å². The van der Waals surface area contributed by atoms with E-state index < -0.39 is 0 Å². The Morgan fingerprint density at radius 3 is 2.56 bits per heavy atom. The quantitative estimate of drug-likeness (QED) is 0.591. The predicted octanol–water partition coefficient (Wildman–Crippen LogP) is 1.46. The van der Waals surface area contributed by atoms with Gasteiger partial charge in [-0.05, 0) is 25.0 Å². The molecule has 2 N–H and O–H groups in total. The number of para-hydroxylation sites is 1. The molecule has 0 atom stereocenters. The third-order valence-electron chi connectivity index (χ3n) is 2.26. The van der Waals surface area contributed by atoms with E-state index in [4.69, 9.17) is 6.42 Å². The van der Waals surface area contributed by atoms with Gasteiger partial charge in [-0.2, -0.15) is 0 Å². The Morgan fingerprint density at radius 2 is 2.00 bits per heavy atom. The summed E-state index contributed by atoms with van der Waals surface area (Å²) in [6.45, 7) is 4.58. The maximum atomic E-state index is 11.5. The first-order chi connectivity index (χ1) is 7.65. The van der Waals surface area contributed by atoms with Crippen molar-refractivity contribution in [1.82, 2.24) is 5.32 Å². The monoisotopic (exact) mass is 216 g/mol. The van der Waals surface area contributed by atoms with Crippen molar-refractivity contribution < 1.29 is 4.79 Å². The van der Waals surface area contributed by atoms with E-state index in [1.54, 1.807) is 0 Å². The Kier molecular flexibility index (Phi) is 4.56. The number of benzene rings is 1. The first kappa shape index (κ1) is 12.3. The van der Waals surface area contributed by atoms with E-state index in [1.807, 2.05) is 32.0 Å². The zero-order valence-corrected chi connectivity index (χ0v) is 9.63. The van der Waals surface area contributed by atoms with E-state index in [-0.39, 0.29) is 12.5 Å². The van der Waals surface area contributed by atoms with Gasteiger partial charge >= 0.3 is 0 Å². The molecule has 3 nitrogen and oxygen atoms in total. The second-order valence-electron chi connectivity index (χ2n) is 3.62. The van der Waals surface area contributed by atoms with Crippen molar-refractivity contribution in [3.05, 3.63) is 29.3 Å². The molecule has 0 bridgehead atoms. The van der Waals surface area contributed by atoms with Gasteiger partial charge in [-0.25, -0.2) is 0 Å². The van der Waals surface area contributed by atoms with E-state index in [9.17, 15) is 4.79 Å². The normalized spacial score (nSPS) is 9.56. The van der Waals surface area contributed by atoms with Crippen LogP contribution in [0, 0.1) is 26.2 Å². The maximum Gasteiger partial charge on any atom is 0.238 e. The Balaban J connectivity index is 2.60. The van der Waals surface area contributed by atoms with Crippen LogP contribution in [0.2, 0.25) is 0 Å². The Hall–Kier alpha value is -1.79. The minimum absolute atomic E-state index is 0.0763. The van der Waals surface area contributed by atoms with E-state index in [1.165, 1.54) is 0 Å². The molecule has 0 spiro atoms. The molecule has 1 rings (SSSR count). The van der Waals surface area contributed by atoms with Crippen LogP contribution in [-0.2, 0) is 4.79 Å². The Morgan fingerprint density at radius 1 is 1.38 bits per heavy atom. The molecular weight excluding hydrogens is 200 g/mol. The molecule has 1 aromatic rings. The van der Waals surface area contributed by atoms with Crippen LogP contribution in [0.3, 0.4) is 0 Å². The number of aryl methyl sites for hydroxylation is 2. The van der Waals surface area contributed by atoms with Crippen molar-refractivity contribution in [3.63, 3.8) is 0 Å². The summed E-state index contributed by atoms with van der Waals surface area (Å²) in [5, 5.41) is 5.71. The lowest BCUT2D eigenvalue weighted by Crippen LogP contribution is -2.28. The van der Waals surface area contributed by atoms with Crippen molar-refractivity contribution in [3.8, 4) is 12.3 Å². The van der Waals surface area contributed by atoms with Gasteiger partial charge in [0.15, 0.2) is 0 Å². The molecule has 0 saturated heterocycles. The minimum atomic E-state index is -0.0763. The van der Waals surface area contributed by atoms with Crippen LogP contribution in [-0.4, -0.2) is 19.0 Å². The highest BCUT2D eigenvalue weighted by atomic mass is 16.1. The van der Waals surface area contributed by atoms with Gasteiger partial charge in [0.1, 0.15) is 0 Å². The van der Waals surface area contributed by atoms with E-state index in [0.717, 1.165) is 16.8 Å². The number of amides is 1. The molecule has 0 saturated carbocycles. The lowest BCUT2D eigenvalue weighted by atomic mass is 10.1. The van der Waals surface area contributed by atoms with Gasteiger partial charge in [-0.1, -0.05) is 24.1 Å². The Labute approximate surface area is 96.2 Å². The van der Waals surface area contributed by atoms with Crippen LogP contribution >= 0.6 is 0 Å². The summed E-state index contributed by atoms with van der Waals surface area (Å²) < 4.78 is 0. The first-order valence-electron chi connectivity index (χ1n) is 5.15. The highest BCUT2D eigenvalue weighted by Crippen LogP contribution is 2.18. The van der Waals surface area contributed by atoms with Crippen LogP contribution in [0.4, 0.5) is 5.69 Å². The van der Waals surface area contributed by atoms with Crippen molar-refractivity contribution in [2.75, 3.05) is 18.4 Å². The molecule has 0 aliphatic heterocycles. The van der Waals surface area contributed by atoms with Gasteiger partial charge in [0.05, 0.1) is 13.1 Å². The average Bonchev–Trinajstić information content (AvgIpc) is 2.24. The molecular formula is C13H16N2O. The SMILES string of the molecule is C#CCNCC(=O)Nc1c(C)cccc1C. The molecule has 1 amide bonds. The lowest BCUT2D eigenvalue weighted by Gasteiger charge is -2.11. The smallest absolute Gasteiger partial charge is 0.238 e. The number of nitrogens with one attached hydrogen (secondary N) is 2. The van der Waals surface area contributed by atoms with Crippen LogP contribution in [0.15, 0.2) is 18.2 Å². The first-order valence-corrected chi connectivity index (χ1v) is 5.15. The third-order valence-corrected chi connectivity index (χ3v) is 2.26. The second-order valence-corrected chi connectivity index (χ2v) is 3.62. The lowest BCUT2D eigenvalue weighted by molar-refractivity contribution is -0.115. The summed E-state index contributed by atoms with van der Waals surface area (Å²) in [6, 6.07) is 5.91. The minimum Gasteiger partial charge on any atom is -0.324 e. The molecule has 1 aromatic carbocycles. The summed E-state index contributed by atoms with van der Waals surface area (Å²) >= 11 is 0. The fraction of sp³-hybridized carbons (Fsp3) is 0.308. The van der Waals surface area contributed by atoms with Gasteiger partial charge in [0.2, 0.25) is 5.91 Å². The fourth-order valence-corrected chi connectivity index (χ4v) is 1.44. The number of carbonyl (C=O) groups excluding carboxylic acids is 1. The summed E-state index contributed by atoms with van der Waals surface area (Å²) in [4.78, 5) is 11.5. The summed E-state index contributed by atoms with van der Waals surface area (Å²) in [7, 11) is 0. The molecule has 0 unspecified atom stereocenters. The van der Waals surface area contributed by atoms with E-state index in [2.05, 4.69) is 16.6 Å². The van der Waals surface area contributed by atoms with Gasteiger partial charge in [0.25, 0.3) is 0 Å². The zero-order valence-electron chi connectivity index (χ0n) is 9.63. The Bertz CT molecular complexity index is 398. The molecule has 16 heavy (non-hydrogen) atoms. The van der Waals surface area contributed by atoms with Gasteiger partial charge in [0, 0.05) is 5.69 Å². The van der Waals surface area contributed by atoms with Crippen molar-refractivity contribution in [1.29, 1.82) is 0 Å². The number of hydrogen-bond donors (Lipinski definition) is 2. The third kappa shape index (κ3) is 3.41. The molecule has 0 aliphatic rings. The molecule has 0 heterocycles. The van der Waals surface area contributed by atoms with Crippen LogP contribution < -0.4 is 10.6 Å². The predicted molar refractivity (Wildman–Crippen MR) is 66.2 cm³/mol. The number of carbonyl (C=O) groups is 1. The van der Waals surface area contributed by atoms with Crippen molar-refractivity contribution in [2.24, 2.45) is 0 Å². The highest BCUT2D eigenvalue weighted by Gasteiger charge is 2.05. The molecule has 0 aromatic heterocycles. The van der Waals surface area contributed by atoms with Gasteiger partial charge in [-0.15, -0.1) is 6.42 Å². The van der Waals surface area contributed by atoms with Crippen LogP contribution in [0.1, 0.15) is 11.1 Å². The number of terminal acetylenes is 1. The molecule has 0 radical (unpaired) electrons. The van der Waals surface area contributed by atoms with E-state index in [0.29, 0.717) is 6.54 Å². The second kappa shape index (κ2) is 5.94.